The first-order valence-electron chi connectivity index (χ1n) is 10.5. The minimum Gasteiger partial charge on any atom is -0.339 e. The van der Waals surface area contributed by atoms with Crippen LogP contribution in [-0.4, -0.2) is 70.0 Å². The van der Waals surface area contributed by atoms with Gasteiger partial charge in [0.25, 0.3) is 5.91 Å². The zero-order chi connectivity index (χ0) is 22.2. The molecule has 3 aliphatic heterocycles. The summed E-state index contributed by atoms with van der Waals surface area (Å²) in [7, 11) is 1.46. The molecule has 1 aromatic carbocycles. The molecule has 4 amide bonds. The summed E-state index contributed by atoms with van der Waals surface area (Å²) in [5.74, 6) is -2.74. The van der Waals surface area contributed by atoms with E-state index in [9.17, 15) is 19.2 Å². The number of likely N-dealkylation sites (N-methyl/N-ethyl adjacent to an activating group) is 1. The van der Waals surface area contributed by atoms with E-state index in [1.54, 1.807) is 24.0 Å². The van der Waals surface area contributed by atoms with E-state index in [1.165, 1.54) is 11.9 Å². The van der Waals surface area contributed by atoms with Crippen molar-refractivity contribution in [2.75, 3.05) is 20.1 Å². The lowest BCUT2D eigenvalue weighted by Crippen LogP contribution is -2.68. The molecule has 3 aliphatic rings. The normalized spacial score (nSPS) is 30.9. The Morgan fingerprint density at radius 3 is 2.23 bits per heavy atom. The zero-order valence-corrected chi connectivity index (χ0v) is 18.4. The van der Waals surface area contributed by atoms with Crippen LogP contribution in [-0.2, 0) is 19.8 Å². The number of rotatable bonds is 2. The third-order valence-corrected chi connectivity index (χ3v) is 7.15. The van der Waals surface area contributed by atoms with Gasteiger partial charge in [-0.05, 0) is 37.0 Å². The van der Waals surface area contributed by atoms with Gasteiger partial charge in [0.05, 0.1) is 17.9 Å². The molecular weight excluding hydrogens is 382 g/mol. The highest BCUT2D eigenvalue weighted by Crippen LogP contribution is 2.52. The number of carbonyl (C=O) groups is 4. The Morgan fingerprint density at radius 2 is 1.70 bits per heavy atom. The molecule has 4 rings (SSSR count). The topological polar surface area (TPSA) is 78.0 Å². The number of fused-ring (bicyclic) bond motifs is 5. The van der Waals surface area contributed by atoms with Crippen LogP contribution in [0.2, 0.25) is 0 Å². The summed E-state index contributed by atoms with van der Waals surface area (Å²) < 4.78 is 0. The number of imide groups is 1. The predicted octanol–water partition coefficient (Wildman–Crippen LogP) is 1.66. The number of piperazine rings is 1. The van der Waals surface area contributed by atoms with Crippen molar-refractivity contribution in [3.05, 3.63) is 35.4 Å². The van der Waals surface area contributed by atoms with Gasteiger partial charge in [-0.1, -0.05) is 32.9 Å². The van der Waals surface area contributed by atoms with Crippen molar-refractivity contribution < 1.29 is 19.2 Å². The maximum atomic E-state index is 13.6. The molecule has 7 nitrogen and oxygen atoms in total. The van der Waals surface area contributed by atoms with Crippen molar-refractivity contribution in [2.24, 2.45) is 11.8 Å². The zero-order valence-electron chi connectivity index (χ0n) is 18.4. The summed E-state index contributed by atoms with van der Waals surface area (Å²) in [5.41, 5.74) is 0.158. The molecule has 0 aliphatic carbocycles. The van der Waals surface area contributed by atoms with E-state index in [0.717, 1.165) is 10.5 Å². The fourth-order valence-corrected chi connectivity index (χ4v) is 5.41. The molecule has 3 saturated heterocycles. The quantitative estimate of drug-likeness (QED) is 0.694. The number of nitrogens with zero attached hydrogens (tertiary/aromatic N) is 3. The Kier molecular flexibility index (Phi) is 4.39. The highest BCUT2D eigenvalue weighted by Gasteiger charge is 2.73. The first kappa shape index (κ1) is 20.6. The smallest absolute Gasteiger partial charge is 0.255 e. The Labute approximate surface area is 177 Å². The molecule has 2 bridgehead atoms. The number of benzene rings is 1. The van der Waals surface area contributed by atoms with Gasteiger partial charge >= 0.3 is 0 Å². The van der Waals surface area contributed by atoms with E-state index < -0.39 is 23.4 Å². The van der Waals surface area contributed by atoms with Gasteiger partial charge in [-0.15, -0.1) is 0 Å². The fraction of sp³-hybridized carbons (Fsp3) is 0.565. The monoisotopic (exact) mass is 411 g/mol. The Morgan fingerprint density at radius 1 is 1.10 bits per heavy atom. The van der Waals surface area contributed by atoms with Gasteiger partial charge in [-0.3, -0.25) is 24.1 Å². The van der Waals surface area contributed by atoms with Gasteiger partial charge in [0.15, 0.2) is 0 Å². The standard InChI is InChI=1S/C23H29N3O4/c1-7-25-12-15-16-17(20(29)24(6)19(16)28)23(5,21(25)30)26(15)18(27)13-8-10-14(11-9-13)22(2,3)4/h8-11,15-17H,7,12H2,1-6H3/t15?,16?,17?,23-/m1/s1. The first-order valence-corrected chi connectivity index (χ1v) is 10.5. The van der Waals surface area contributed by atoms with E-state index in [2.05, 4.69) is 20.8 Å². The van der Waals surface area contributed by atoms with Gasteiger partial charge in [-0.2, -0.15) is 0 Å². The second kappa shape index (κ2) is 6.40. The minimum absolute atomic E-state index is 0.0459. The first-order chi connectivity index (χ1) is 13.9. The molecule has 3 fully saturated rings. The van der Waals surface area contributed by atoms with Crippen LogP contribution in [0.1, 0.15) is 50.5 Å². The van der Waals surface area contributed by atoms with E-state index in [4.69, 9.17) is 0 Å². The summed E-state index contributed by atoms with van der Waals surface area (Å²) in [4.78, 5) is 57.2. The second-order valence-corrected chi connectivity index (χ2v) is 9.80. The van der Waals surface area contributed by atoms with Crippen molar-refractivity contribution in [3.8, 4) is 0 Å². The minimum atomic E-state index is -1.36. The van der Waals surface area contributed by atoms with Crippen LogP contribution in [0.15, 0.2) is 24.3 Å². The number of hydrogen-bond donors (Lipinski definition) is 0. The van der Waals surface area contributed by atoms with Crippen molar-refractivity contribution >= 4 is 23.6 Å². The van der Waals surface area contributed by atoms with Gasteiger partial charge in [0.2, 0.25) is 17.7 Å². The molecule has 3 heterocycles. The molecule has 30 heavy (non-hydrogen) atoms. The summed E-state index contributed by atoms with van der Waals surface area (Å²) >= 11 is 0. The van der Waals surface area contributed by atoms with Gasteiger partial charge in [0, 0.05) is 25.7 Å². The molecule has 4 atom stereocenters. The third kappa shape index (κ3) is 2.50. The highest BCUT2D eigenvalue weighted by molar-refractivity contribution is 6.13. The molecule has 0 N–H and O–H groups in total. The average molecular weight is 412 g/mol. The molecule has 160 valence electrons. The molecule has 0 radical (unpaired) electrons. The Bertz CT molecular complexity index is 948. The molecule has 7 heteroatoms. The van der Waals surface area contributed by atoms with Crippen molar-refractivity contribution in [2.45, 2.75) is 51.6 Å². The fourth-order valence-electron chi connectivity index (χ4n) is 5.41. The van der Waals surface area contributed by atoms with Crippen LogP contribution in [0.3, 0.4) is 0 Å². The van der Waals surface area contributed by atoms with Crippen LogP contribution in [0.5, 0.6) is 0 Å². The van der Waals surface area contributed by atoms with Crippen LogP contribution in [0.4, 0.5) is 0 Å². The maximum Gasteiger partial charge on any atom is 0.255 e. The van der Waals surface area contributed by atoms with E-state index in [-0.39, 0.29) is 35.6 Å². The largest absolute Gasteiger partial charge is 0.339 e. The summed E-state index contributed by atoms with van der Waals surface area (Å²) in [5, 5.41) is 0. The lowest BCUT2D eigenvalue weighted by atomic mass is 9.81. The van der Waals surface area contributed by atoms with Crippen LogP contribution < -0.4 is 0 Å². The summed E-state index contributed by atoms with van der Waals surface area (Å²) in [6.07, 6.45) is 0. The van der Waals surface area contributed by atoms with Crippen LogP contribution >= 0.6 is 0 Å². The van der Waals surface area contributed by atoms with Crippen molar-refractivity contribution in [1.82, 2.24) is 14.7 Å². The van der Waals surface area contributed by atoms with Crippen molar-refractivity contribution in [3.63, 3.8) is 0 Å². The number of likely N-dealkylation sites (tertiary alicyclic amines) is 2. The van der Waals surface area contributed by atoms with E-state index >= 15 is 0 Å². The summed E-state index contributed by atoms with van der Waals surface area (Å²) in [6.45, 7) is 10.6. The highest BCUT2D eigenvalue weighted by atomic mass is 16.2. The SMILES string of the molecule is CCN1CC2C3C(=O)N(C)C(=O)C3[C@](C)(C1=O)N2C(=O)c1ccc(C(C)(C)C)cc1. The molecule has 0 saturated carbocycles. The third-order valence-electron chi connectivity index (χ3n) is 7.15. The van der Waals surface area contributed by atoms with Crippen LogP contribution in [0, 0.1) is 11.8 Å². The van der Waals surface area contributed by atoms with E-state index in [0.29, 0.717) is 12.1 Å². The van der Waals surface area contributed by atoms with Gasteiger partial charge < -0.3 is 9.80 Å². The molecule has 3 unspecified atom stereocenters. The lowest BCUT2D eigenvalue weighted by Gasteiger charge is -2.47. The van der Waals surface area contributed by atoms with Crippen molar-refractivity contribution in [1.29, 1.82) is 0 Å². The Hall–Kier alpha value is -2.70. The van der Waals surface area contributed by atoms with Gasteiger partial charge in [-0.25, -0.2) is 0 Å². The summed E-state index contributed by atoms with van der Waals surface area (Å²) in [6, 6.07) is 6.88. The van der Waals surface area contributed by atoms with Crippen LogP contribution in [0.25, 0.3) is 0 Å². The maximum absolute atomic E-state index is 13.6. The molecular formula is C23H29N3O4. The average Bonchev–Trinajstić information content (AvgIpc) is 3.06. The number of hydrogen-bond acceptors (Lipinski definition) is 4. The van der Waals surface area contributed by atoms with E-state index in [1.807, 2.05) is 19.1 Å². The molecule has 1 aromatic rings. The number of carbonyl (C=O) groups excluding carboxylic acids is 4. The molecule has 0 spiro atoms. The van der Waals surface area contributed by atoms with Gasteiger partial charge in [0.1, 0.15) is 5.54 Å². The molecule has 0 aromatic heterocycles. The number of amides is 4. The predicted molar refractivity (Wildman–Crippen MR) is 111 cm³/mol. The second-order valence-electron chi connectivity index (χ2n) is 9.80. The Balaban J connectivity index is 1.79. The lowest BCUT2D eigenvalue weighted by molar-refractivity contribution is -0.154.